The van der Waals surface area contributed by atoms with Crippen LogP contribution in [0.25, 0.3) is 0 Å². The minimum Gasteiger partial charge on any atom is -0.494 e. The van der Waals surface area contributed by atoms with Crippen molar-refractivity contribution in [2.45, 2.75) is 25.0 Å². The highest BCUT2D eigenvalue weighted by Crippen LogP contribution is 2.14. The molecule has 0 aliphatic rings. The lowest BCUT2D eigenvalue weighted by molar-refractivity contribution is 0.340. The largest absolute Gasteiger partial charge is 0.494 e. The van der Waals surface area contributed by atoms with Gasteiger partial charge in [0.2, 0.25) is 5.16 Å². The van der Waals surface area contributed by atoms with E-state index in [1.54, 1.807) is 16.4 Å². The number of hydrogen-bond donors (Lipinski definition) is 1. The molecule has 2 rings (SSSR count). The van der Waals surface area contributed by atoms with Crippen LogP contribution in [0.15, 0.2) is 29.4 Å². The summed E-state index contributed by atoms with van der Waals surface area (Å²) in [6.07, 6.45) is 1.07. The Hall–Kier alpha value is -1.31. The second kappa shape index (κ2) is 10.4. The zero-order valence-corrected chi connectivity index (χ0v) is 14.5. The first-order valence-electron chi connectivity index (χ1n) is 7.07. The van der Waals surface area contributed by atoms with Gasteiger partial charge in [-0.05, 0) is 48.0 Å². The van der Waals surface area contributed by atoms with Crippen molar-refractivity contribution < 1.29 is 4.74 Å². The Balaban J connectivity index is 0.00000242. The molecule has 1 heterocycles. The first-order chi connectivity index (χ1) is 10.3. The van der Waals surface area contributed by atoms with Crippen molar-refractivity contribution in [2.24, 2.45) is 7.05 Å². The fraction of sp³-hybridized carbons (Fsp3) is 0.500. The maximum absolute atomic E-state index is 5.49. The van der Waals surface area contributed by atoms with Crippen LogP contribution in [-0.4, -0.2) is 39.1 Å². The number of nitrogens with one attached hydrogen (secondary N) is 1. The van der Waals surface area contributed by atoms with Gasteiger partial charge in [0.15, 0.2) is 0 Å². The van der Waals surface area contributed by atoms with E-state index in [1.807, 2.05) is 26.1 Å². The molecule has 8 heteroatoms. The van der Waals surface area contributed by atoms with E-state index in [9.17, 15) is 0 Å². The maximum Gasteiger partial charge on any atom is 0.209 e. The van der Waals surface area contributed by atoms with Gasteiger partial charge in [-0.15, -0.1) is 17.5 Å². The molecule has 0 atom stereocenters. The quantitative estimate of drug-likeness (QED) is 0.556. The number of benzene rings is 1. The van der Waals surface area contributed by atoms with Crippen LogP contribution < -0.4 is 10.1 Å². The third kappa shape index (κ3) is 6.21. The molecule has 1 aromatic carbocycles. The summed E-state index contributed by atoms with van der Waals surface area (Å²) in [6, 6.07) is 8.20. The monoisotopic (exact) mass is 343 g/mol. The maximum atomic E-state index is 5.49. The number of rotatable bonds is 9. The minimum atomic E-state index is 0. The average Bonchev–Trinajstić information content (AvgIpc) is 2.89. The number of aryl methyl sites for hydroxylation is 1. The van der Waals surface area contributed by atoms with E-state index in [2.05, 4.69) is 33.0 Å². The summed E-state index contributed by atoms with van der Waals surface area (Å²) >= 11 is 1.68. The molecule has 0 saturated carbocycles. The highest BCUT2D eigenvalue weighted by molar-refractivity contribution is 7.99. The molecule has 0 unspecified atom stereocenters. The Bertz CT molecular complexity index is 552. The normalized spacial score (nSPS) is 10.3. The van der Waals surface area contributed by atoms with Crippen LogP contribution in [0.3, 0.4) is 0 Å². The fourth-order valence-corrected chi connectivity index (χ4v) is 2.64. The van der Waals surface area contributed by atoms with Gasteiger partial charge in [0.25, 0.3) is 0 Å². The molecule has 0 radical (unpaired) electrons. The third-order valence-electron chi connectivity index (χ3n) is 2.85. The van der Waals surface area contributed by atoms with Crippen molar-refractivity contribution in [3.8, 4) is 5.75 Å². The van der Waals surface area contributed by atoms with Crippen molar-refractivity contribution in [2.75, 3.05) is 18.9 Å². The highest BCUT2D eigenvalue weighted by atomic mass is 35.5. The molecule has 0 amide bonds. The number of halogens is 1. The summed E-state index contributed by atoms with van der Waals surface area (Å²) in [5, 5.41) is 15.7. The zero-order valence-electron chi connectivity index (χ0n) is 12.9. The lowest BCUT2D eigenvalue weighted by atomic mass is 10.2. The Morgan fingerprint density at radius 1 is 1.36 bits per heavy atom. The topological polar surface area (TPSA) is 64.9 Å². The summed E-state index contributed by atoms with van der Waals surface area (Å²) in [7, 11) is 1.85. The summed E-state index contributed by atoms with van der Waals surface area (Å²) in [4.78, 5) is 0. The molecular formula is C14H22ClN5OS. The van der Waals surface area contributed by atoms with Crippen molar-refractivity contribution in [3.05, 3.63) is 29.8 Å². The molecule has 0 saturated heterocycles. The molecule has 6 nitrogen and oxygen atoms in total. The number of hydrogen-bond acceptors (Lipinski definition) is 6. The molecule has 1 aromatic heterocycles. The van der Waals surface area contributed by atoms with Gasteiger partial charge in [-0.2, -0.15) is 0 Å². The number of tetrazole rings is 1. The molecule has 0 aliphatic carbocycles. The van der Waals surface area contributed by atoms with E-state index >= 15 is 0 Å². The van der Waals surface area contributed by atoms with E-state index in [0.717, 1.165) is 36.2 Å². The van der Waals surface area contributed by atoms with Crippen LogP contribution in [0.1, 0.15) is 18.9 Å². The first kappa shape index (κ1) is 18.7. The highest BCUT2D eigenvalue weighted by Gasteiger charge is 2.02. The lowest BCUT2D eigenvalue weighted by Gasteiger charge is -2.07. The van der Waals surface area contributed by atoms with Crippen LogP contribution in [0, 0.1) is 0 Å². The van der Waals surface area contributed by atoms with Gasteiger partial charge in [-0.1, -0.05) is 23.9 Å². The van der Waals surface area contributed by atoms with Crippen molar-refractivity contribution in [1.82, 2.24) is 25.5 Å². The van der Waals surface area contributed by atoms with Crippen LogP contribution in [0.2, 0.25) is 0 Å². The predicted molar refractivity (Wildman–Crippen MR) is 90.7 cm³/mol. The number of thioether (sulfide) groups is 1. The fourth-order valence-electron chi connectivity index (χ4n) is 1.85. The summed E-state index contributed by atoms with van der Waals surface area (Å²) in [6.45, 7) is 4.52. The molecule has 0 aliphatic heterocycles. The molecular weight excluding hydrogens is 322 g/mol. The van der Waals surface area contributed by atoms with Crippen LogP contribution in [-0.2, 0) is 13.6 Å². The van der Waals surface area contributed by atoms with Gasteiger partial charge in [0.05, 0.1) is 6.61 Å². The standard InChI is InChI=1S/C14H21N5OS.ClH/c1-3-20-13-7-4-6-12(10-13)11-15-8-5-9-21-14-16-17-18-19(14)2;/h4,6-7,10,15H,3,5,8-9,11H2,1-2H3;1H. The molecule has 122 valence electrons. The molecule has 2 aromatic rings. The third-order valence-corrected chi connectivity index (χ3v) is 3.95. The average molecular weight is 344 g/mol. The molecule has 0 bridgehead atoms. The number of ether oxygens (including phenoxy) is 1. The van der Waals surface area contributed by atoms with Gasteiger partial charge in [0, 0.05) is 19.3 Å². The van der Waals surface area contributed by atoms with E-state index in [-0.39, 0.29) is 12.4 Å². The summed E-state index contributed by atoms with van der Waals surface area (Å²) < 4.78 is 7.18. The van der Waals surface area contributed by atoms with E-state index < -0.39 is 0 Å². The van der Waals surface area contributed by atoms with Crippen molar-refractivity contribution in [3.63, 3.8) is 0 Å². The van der Waals surface area contributed by atoms with E-state index in [0.29, 0.717) is 6.61 Å². The van der Waals surface area contributed by atoms with Gasteiger partial charge < -0.3 is 10.1 Å². The van der Waals surface area contributed by atoms with Crippen molar-refractivity contribution >= 4 is 24.2 Å². The van der Waals surface area contributed by atoms with Crippen LogP contribution in [0.5, 0.6) is 5.75 Å². The smallest absolute Gasteiger partial charge is 0.209 e. The van der Waals surface area contributed by atoms with Crippen molar-refractivity contribution in [1.29, 1.82) is 0 Å². The zero-order chi connectivity index (χ0) is 14.9. The molecule has 0 fully saturated rings. The van der Waals surface area contributed by atoms with Crippen LogP contribution >= 0.6 is 24.2 Å². The second-order valence-electron chi connectivity index (χ2n) is 4.54. The Morgan fingerprint density at radius 3 is 2.95 bits per heavy atom. The van der Waals surface area contributed by atoms with Crippen LogP contribution in [0.4, 0.5) is 0 Å². The SMILES string of the molecule is CCOc1cccc(CNCCCSc2nnnn2C)c1.Cl. The predicted octanol–water partition coefficient (Wildman–Crippen LogP) is 2.30. The van der Waals surface area contributed by atoms with E-state index in [1.165, 1.54) is 5.56 Å². The molecule has 22 heavy (non-hydrogen) atoms. The number of aromatic nitrogens is 4. The van der Waals surface area contributed by atoms with Gasteiger partial charge in [-0.3, -0.25) is 0 Å². The summed E-state index contributed by atoms with van der Waals surface area (Å²) in [5.41, 5.74) is 1.24. The van der Waals surface area contributed by atoms with Gasteiger partial charge in [0.1, 0.15) is 5.75 Å². The van der Waals surface area contributed by atoms with Gasteiger partial charge >= 0.3 is 0 Å². The molecule has 1 N–H and O–H groups in total. The Labute approximate surface area is 141 Å². The number of nitrogens with zero attached hydrogens (tertiary/aromatic N) is 4. The van der Waals surface area contributed by atoms with E-state index in [4.69, 9.17) is 4.74 Å². The Morgan fingerprint density at radius 2 is 2.23 bits per heavy atom. The van der Waals surface area contributed by atoms with Gasteiger partial charge in [-0.25, -0.2) is 4.68 Å². The lowest BCUT2D eigenvalue weighted by Crippen LogP contribution is -2.15. The first-order valence-corrected chi connectivity index (χ1v) is 8.05. The second-order valence-corrected chi connectivity index (χ2v) is 5.61. The molecule has 0 spiro atoms. The Kier molecular flexibility index (Phi) is 8.88. The summed E-state index contributed by atoms with van der Waals surface area (Å²) in [5.74, 6) is 1.93. The minimum absolute atomic E-state index is 0.